The van der Waals surface area contributed by atoms with Crippen LogP contribution in [0.1, 0.15) is 30.4 Å². The molecule has 2 saturated heterocycles. The lowest BCUT2D eigenvalue weighted by molar-refractivity contribution is -0.143. The van der Waals surface area contributed by atoms with E-state index < -0.39 is 38.9 Å². The number of likely N-dealkylation sites (N-methyl/N-ethyl adjacent to an activating group) is 1. The summed E-state index contributed by atoms with van der Waals surface area (Å²) in [7, 11) is -0.0870. The molecule has 3 aliphatic rings. The summed E-state index contributed by atoms with van der Waals surface area (Å²) in [5.41, 5.74) is -1.16. The van der Waals surface area contributed by atoms with Crippen LogP contribution < -0.4 is 4.90 Å². The van der Waals surface area contributed by atoms with Gasteiger partial charge in [0.25, 0.3) is 17.6 Å². The number of carbonyl (C=O) groups excluding carboxylic acids is 3. The van der Waals surface area contributed by atoms with Gasteiger partial charge in [-0.05, 0) is 57.3 Å². The molecule has 2 amide bonds. The Labute approximate surface area is 240 Å². The topological polar surface area (TPSA) is 119 Å². The zero-order chi connectivity index (χ0) is 29.5. The van der Waals surface area contributed by atoms with E-state index in [0.29, 0.717) is 30.9 Å². The van der Waals surface area contributed by atoms with Crippen LogP contribution >= 0.6 is 0 Å². The number of piperidine rings is 1. The molecule has 0 saturated carbocycles. The van der Waals surface area contributed by atoms with Gasteiger partial charge in [-0.1, -0.05) is 30.7 Å². The quantitative estimate of drug-likeness (QED) is 0.221. The number of anilines is 1. The second kappa shape index (κ2) is 10.9. The number of fused-ring (bicyclic) bond motifs is 2. The molecule has 3 heterocycles. The summed E-state index contributed by atoms with van der Waals surface area (Å²) < 4.78 is 27.8. The summed E-state index contributed by atoms with van der Waals surface area (Å²) in [6.45, 7) is 5.22. The zero-order valence-electron chi connectivity index (χ0n) is 23.2. The first-order chi connectivity index (χ1) is 19.6. The molecule has 0 unspecified atom stereocenters. The molecule has 2 fully saturated rings. The highest BCUT2D eigenvalue weighted by Gasteiger charge is 2.66. The van der Waals surface area contributed by atoms with Gasteiger partial charge in [0, 0.05) is 43.9 Å². The maximum atomic E-state index is 14.3. The van der Waals surface area contributed by atoms with Gasteiger partial charge in [-0.2, -0.15) is 4.31 Å². The summed E-state index contributed by atoms with van der Waals surface area (Å²) in [5, 5.41) is 11.6. The third-order valence-corrected chi connectivity index (χ3v) is 9.89. The summed E-state index contributed by atoms with van der Waals surface area (Å²) in [6.07, 6.45) is 4.13. The molecular formula is C30H34N4O6S. The number of benzene rings is 2. The van der Waals surface area contributed by atoms with E-state index in [1.54, 1.807) is 30.3 Å². The number of hydrogen-bond acceptors (Lipinski definition) is 7. The van der Waals surface area contributed by atoms with E-state index in [-0.39, 0.29) is 29.1 Å². The van der Waals surface area contributed by atoms with E-state index in [4.69, 9.17) is 0 Å². The predicted octanol–water partition coefficient (Wildman–Crippen LogP) is 2.53. The zero-order valence-corrected chi connectivity index (χ0v) is 24.1. The van der Waals surface area contributed by atoms with Gasteiger partial charge >= 0.3 is 0 Å². The Morgan fingerprint density at radius 1 is 1.02 bits per heavy atom. The standard InChI is InChI=1S/C30H34N4O6S/c1-4-16-33-24-11-7-6-10-23(24)30(29(33)38)25(27(36)28(37)34(30)20-19-31(2)3)26(35)21-12-14-22(15-13-21)41(39,40)32-17-8-5-9-18-32/h4,6-7,10-15,35H,1,5,8-9,16-20H2,2-3H3/t30-/m1/s1. The van der Waals surface area contributed by atoms with Crippen LogP contribution in [0.15, 0.2) is 71.7 Å². The van der Waals surface area contributed by atoms with Crippen LogP contribution in [0.4, 0.5) is 5.69 Å². The van der Waals surface area contributed by atoms with Crippen LogP contribution in [0.25, 0.3) is 5.76 Å². The van der Waals surface area contributed by atoms with E-state index in [2.05, 4.69) is 6.58 Å². The Hall–Kier alpha value is -3.80. The lowest BCUT2D eigenvalue weighted by atomic mass is 9.82. The first-order valence-electron chi connectivity index (χ1n) is 13.6. The summed E-state index contributed by atoms with van der Waals surface area (Å²) in [6, 6.07) is 12.5. The maximum Gasteiger partial charge on any atom is 0.296 e. The second-order valence-electron chi connectivity index (χ2n) is 10.7. The molecule has 216 valence electrons. The second-order valence-corrected chi connectivity index (χ2v) is 12.7. The minimum atomic E-state index is -3.72. The summed E-state index contributed by atoms with van der Waals surface area (Å²) in [4.78, 5) is 46.1. The molecule has 3 aliphatic heterocycles. The SMILES string of the molecule is C=CCN1C(=O)[C@]2(C(=C(O)c3ccc(S(=O)(=O)N4CCCCC4)cc3)C(=O)C(=O)N2CCN(C)C)c2ccccc21. The highest BCUT2D eigenvalue weighted by atomic mass is 32.2. The number of aliphatic hydroxyl groups is 1. The van der Waals surface area contributed by atoms with Crippen LogP contribution in [-0.4, -0.2) is 92.0 Å². The van der Waals surface area contributed by atoms with E-state index in [9.17, 15) is 27.9 Å². The summed E-state index contributed by atoms with van der Waals surface area (Å²) >= 11 is 0. The Kier molecular flexibility index (Phi) is 7.62. The van der Waals surface area contributed by atoms with Gasteiger partial charge < -0.3 is 19.8 Å². The van der Waals surface area contributed by atoms with E-state index in [1.165, 1.54) is 38.4 Å². The molecule has 11 heteroatoms. The third kappa shape index (κ3) is 4.48. The minimum Gasteiger partial charge on any atom is -0.507 e. The van der Waals surface area contributed by atoms with Crippen LogP contribution in [0.5, 0.6) is 0 Å². The predicted molar refractivity (Wildman–Crippen MR) is 155 cm³/mol. The molecule has 1 atom stereocenters. The van der Waals surface area contributed by atoms with Crippen LogP contribution in [0.3, 0.4) is 0 Å². The molecule has 10 nitrogen and oxygen atoms in total. The van der Waals surface area contributed by atoms with Crippen molar-refractivity contribution in [3.63, 3.8) is 0 Å². The molecule has 1 spiro atoms. The molecule has 0 bridgehead atoms. The molecule has 5 rings (SSSR count). The van der Waals surface area contributed by atoms with Crippen molar-refractivity contribution < 1.29 is 27.9 Å². The maximum absolute atomic E-state index is 14.3. The van der Waals surface area contributed by atoms with Gasteiger partial charge in [0.1, 0.15) is 5.76 Å². The van der Waals surface area contributed by atoms with Crippen LogP contribution in [0.2, 0.25) is 0 Å². The van der Waals surface area contributed by atoms with Crippen LogP contribution in [-0.2, 0) is 29.9 Å². The summed E-state index contributed by atoms with van der Waals surface area (Å²) in [5.74, 6) is -2.94. The average Bonchev–Trinajstić information content (AvgIpc) is 3.35. The largest absolute Gasteiger partial charge is 0.507 e. The molecule has 0 radical (unpaired) electrons. The van der Waals surface area contributed by atoms with Crippen LogP contribution in [0, 0.1) is 0 Å². The fourth-order valence-corrected chi connectivity index (χ4v) is 7.48. The fraction of sp³-hybridized carbons (Fsp3) is 0.367. The van der Waals surface area contributed by atoms with Crippen molar-refractivity contribution in [3.8, 4) is 0 Å². The molecule has 0 aliphatic carbocycles. The Morgan fingerprint density at radius 2 is 1.68 bits per heavy atom. The first-order valence-corrected chi connectivity index (χ1v) is 15.1. The molecule has 1 N–H and O–H groups in total. The van der Waals surface area contributed by atoms with Crippen molar-refractivity contribution in [2.75, 3.05) is 51.7 Å². The molecule has 2 aromatic carbocycles. The van der Waals surface area contributed by atoms with Gasteiger partial charge in [-0.3, -0.25) is 14.4 Å². The highest BCUT2D eigenvalue weighted by molar-refractivity contribution is 7.89. The monoisotopic (exact) mass is 578 g/mol. The van der Waals surface area contributed by atoms with Crippen molar-refractivity contribution in [1.29, 1.82) is 0 Å². The van der Waals surface area contributed by atoms with Crippen molar-refractivity contribution >= 4 is 39.1 Å². The van der Waals surface area contributed by atoms with Gasteiger partial charge in [-0.15, -0.1) is 6.58 Å². The molecular weight excluding hydrogens is 544 g/mol. The Bertz CT molecular complexity index is 1540. The number of amides is 2. The number of aliphatic hydroxyl groups excluding tert-OH is 1. The van der Waals surface area contributed by atoms with Gasteiger partial charge in [-0.25, -0.2) is 8.42 Å². The lowest BCUT2D eigenvalue weighted by Gasteiger charge is -2.35. The number of likely N-dealkylation sites (tertiary alicyclic amines) is 1. The highest BCUT2D eigenvalue weighted by Crippen LogP contribution is 2.53. The molecule has 0 aromatic heterocycles. The smallest absolute Gasteiger partial charge is 0.296 e. The number of sulfonamides is 1. The molecule has 2 aromatic rings. The fourth-order valence-electron chi connectivity index (χ4n) is 5.96. The molecule has 41 heavy (non-hydrogen) atoms. The van der Waals surface area contributed by atoms with Gasteiger partial charge in [0.05, 0.1) is 16.2 Å². The van der Waals surface area contributed by atoms with E-state index in [0.717, 1.165) is 19.3 Å². The number of ketones is 1. The number of para-hydroxylation sites is 1. The van der Waals surface area contributed by atoms with E-state index >= 15 is 0 Å². The normalized spacial score (nSPS) is 22.7. The van der Waals surface area contributed by atoms with E-state index in [1.807, 2.05) is 19.0 Å². The first kappa shape index (κ1) is 28.7. The number of carbonyl (C=O) groups is 3. The van der Waals surface area contributed by atoms with Gasteiger partial charge in [0.2, 0.25) is 10.0 Å². The Balaban J connectivity index is 1.67. The number of rotatable bonds is 8. The number of hydrogen-bond donors (Lipinski definition) is 1. The number of nitrogens with zero attached hydrogens (tertiary/aromatic N) is 4. The Morgan fingerprint density at radius 3 is 2.32 bits per heavy atom. The van der Waals surface area contributed by atoms with Crippen molar-refractivity contribution in [2.24, 2.45) is 0 Å². The average molecular weight is 579 g/mol. The van der Waals surface area contributed by atoms with Crippen molar-refractivity contribution in [2.45, 2.75) is 29.7 Å². The minimum absolute atomic E-state index is 0.0589. The van der Waals surface area contributed by atoms with Crippen molar-refractivity contribution in [1.82, 2.24) is 14.1 Å². The van der Waals surface area contributed by atoms with Gasteiger partial charge in [0.15, 0.2) is 5.54 Å². The lowest BCUT2D eigenvalue weighted by Crippen LogP contribution is -2.53. The van der Waals surface area contributed by atoms with Crippen molar-refractivity contribution in [3.05, 3.63) is 77.9 Å². The number of Topliss-reactive ketones (excluding diaryl/α,β-unsaturated/α-hetero) is 1. The third-order valence-electron chi connectivity index (χ3n) is 7.97.